The van der Waals surface area contributed by atoms with E-state index < -0.39 is 0 Å². The molecule has 1 aliphatic rings. The zero-order valence-electron chi connectivity index (χ0n) is 8.82. The van der Waals surface area contributed by atoms with E-state index in [9.17, 15) is 4.79 Å². The van der Waals surface area contributed by atoms with Crippen LogP contribution in [0.3, 0.4) is 0 Å². The highest BCUT2D eigenvalue weighted by Gasteiger charge is 2.20. The summed E-state index contributed by atoms with van der Waals surface area (Å²) in [6, 6.07) is 0. The Morgan fingerprint density at radius 3 is 2.64 bits per heavy atom. The molecule has 1 rings (SSSR count). The lowest BCUT2D eigenvalue weighted by molar-refractivity contribution is -0.146. The van der Waals surface area contributed by atoms with E-state index in [-0.39, 0.29) is 12.1 Å². The van der Waals surface area contributed by atoms with Gasteiger partial charge < -0.3 is 4.74 Å². The van der Waals surface area contributed by atoms with Gasteiger partial charge in [0.25, 0.3) is 0 Å². The van der Waals surface area contributed by atoms with Gasteiger partial charge in [-0.3, -0.25) is 4.79 Å². The molecule has 82 valence electrons. The number of esters is 1. The van der Waals surface area contributed by atoms with E-state index in [1.165, 1.54) is 24.9 Å². The number of hydrogen-bond donors (Lipinski definition) is 0. The second kappa shape index (κ2) is 6.62. The summed E-state index contributed by atoms with van der Waals surface area (Å²) in [5.41, 5.74) is 0. The molecule has 1 unspecified atom stereocenters. The van der Waals surface area contributed by atoms with E-state index in [0.717, 1.165) is 12.8 Å². The molecule has 0 radical (unpaired) electrons. The fourth-order valence-corrected chi connectivity index (χ4v) is 4.41. The zero-order chi connectivity index (χ0) is 10.4. The third kappa shape index (κ3) is 4.60. The molecule has 0 aromatic carbocycles. The molecule has 0 aliphatic carbocycles. The van der Waals surface area contributed by atoms with Gasteiger partial charge in [-0.15, -0.1) is 23.5 Å². The van der Waals surface area contributed by atoms with Gasteiger partial charge in [-0.1, -0.05) is 6.92 Å². The Bertz CT molecular complexity index is 179. The number of rotatable bonds is 4. The molecular weight excluding hydrogens is 216 g/mol. The lowest BCUT2D eigenvalue weighted by Gasteiger charge is -2.24. The molecule has 1 aliphatic heterocycles. The van der Waals surface area contributed by atoms with Crippen molar-refractivity contribution in [2.45, 2.75) is 43.8 Å². The number of carbonyl (C=O) groups excluding carboxylic acids is 1. The van der Waals surface area contributed by atoms with Crippen LogP contribution < -0.4 is 0 Å². The molecule has 0 saturated carbocycles. The normalized spacial score (nSPS) is 20.4. The predicted molar refractivity (Wildman–Crippen MR) is 63.8 cm³/mol. The molecular formula is C10H18O2S2. The standard InChI is InChI=1S/C10H18O2S2/c1-3-9(12-8(2)11)7-10-13-5-4-6-14-10/h9-10H,3-7H2,1-2H3. The number of thioether (sulfide) groups is 2. The molecule has 0 aromatic heterocycles. The van der Waals surface area contributed by atoms with Gasteiger partial charge in [0.15, 0.2) is 0 Å². The van der Waals surface area contributed by atoms with Crippen LogP contribution in [0.1, 0.15) is 33.1 Å². The van der Waals surface area contributed by atoms with Crippen LogP contribution in [-0.4, -0.2) is 28.2 Å². The van der Waals surface area contributed by atoms with Crippen molar-refractivity contribution >= 4 is 29.5 Å². The minimum Gasteiger partial charge on any atom is -0.463 e. The molecule has 1 atom stereocenters. The van der Waals surface area contributed by atoms with Gasteiger partial charge in [-0.2, -0.15) is 0 Å². The Morgan fingerprint density at radius 1 is 1.50 bits per heavy atom. The fourth-order valence-electron chi connectivity index (χ4n) is 1.42. The second-order valence-electron chi connectivity index (χ2n) is 3.40. The Morgan fingerprint density at radius 2 is 2.14 bits per heavy atom. The van der Waals surface area contributed by atoms with Crippen molar-refractivity contribution in [2.75, 3.05) is 11.5 Å². The number of ether oxygens (including phenoxy) is 1. The average Bonchev–Trinajstić information content (AvgIpc) is 2.17. The molecule has 14 heavy (non-hydrogen) atoms. The average molecular weight is 234 g/mol. The van der Waals surface area contributed by atoms with Gasteiger partial charge in [-0.05, 0) is 24.3 Å². The summed E-state index contributed by atoms with van der Waals surface area (Å²) >= 11 is 4.01. The summed E-state index contributed by atoms with van der Waals surface area (Å²) in [6.45, 7) is 3.57. The first-order valence-corrected chi connectivity index (χ1v) is 7.22. The molecule has 1 saturated heterocycles. The molecule has 0 amide bonds. The van der Waals surface area contributed by atoms with Crippen LogP contribution in [0.4, 0.5) is 0 Å². The molecule has 0 N–H and O–H groups in total. The van der Waals surface area contributed by atoms with Gasteiger partial charge in [0.05, 0.1) is 4.58 Å². The first-order chi connectivity index (χ1) is 6.72. The third-order valence-electron chi connectivity index (χ3n) is 2.14. The maximum Gasteiger partial charge on any atom is 0.302 e. The van der Waals surface area contributed by atoms with Crippen molar-refractivity contribution in [2.24, 2.45) is 0 Å². The van der Waals surface area contributed by atoms with Crippen LogP contribution in [0, 0.1) is 0 Å². The van der Waals surface area contributed by atoms with Crippen LogP contribution in [-0.2, 0) is 9.53 Å². The molecule has 0 spiro atoms. The molecule has 1 heterocycles. The Hall–Kier alpha value is 0.170. The van der Waals surface area contributed by atoms with Crippen LogP contribution in [0.2, 0.25) is 0 Å². The quantitative estimate of drug-likeness (QED) is 0.699. The third-order valence-corrected chi connectivity index (χ3v) is 5.13. The summed E-state index contributed by atoms with van der Waals surface area (Å²) in [4.78, 5) is 10.8. The first kappa shape index (κ1) is 12.2. The van der Waals surface area contributed by atoms with Crippen LogP contribution in [0.25, 0.3) is 0 Å². The van der Waals surface area contributed by atoms with E-state index in [1.54, 1.807) is 0 Å². The van der Waals surface area contributed by atoms with E-state index in [2.05, 4.69) is 6.92 Å². The van der Waals surface area contributed by atoms with Gasteiger partial charge in [0, 0.05) is 13.3 Å². The summed E-state index contributed by atoms with van der Waals surface area (Å²) in [5, 5.41) is 0. The Kier molecular flexibility index (Phi) is 5.78. The molecule has 0 aromatic rings. The highest BCUT2D eigenvalue weighted by Crippen LogP contribution is 2.34. The summed E-state index contributed by atoms with van der Waals surface area (Å²) in [7, 11) is 0. The fraction of sp³-hybridized carbons (Fsp3) is 0.900. The summed E-state index contributed by atoms with van der Waals surface area (Å²) < 4.78 is 5.87. The Balaban J connectivity index is 2.27. The van der Waals surface area contributed by atoms with Crippen molar-refractivity contribution in [1.82, 2.24) is 0 Å². The largest absolute Gasteiger partial charge is 0.463 e. The van der Waals surface area contributed by atoms with Crippen molar-refractivity contribution < 1.29 is 9.53 Å². The minimum atomic E-state index is -0.150. The summed E-state index contributed by atoms with van der Waals surface area (Å²) in [6.07, 6.45) is 3.37. The minimum absolute atomic E-state index is 0.121. The van der Waals surface area contributed by atoms with Crippen molar-refractivity contribution in [3.63, 3.8) is 0 Å². The van der Waals surface area contributed by atoms with Crippen LogP contribution in [0.15, 0.2) is 0 Å². The van der Waals surface area contributed by atoms with E-state index in [0.29, 0.717) is 4.58 Å². The lowest BCUT2D eigenvalue weighted by atomic mass is 10.2. The topological polar surface area (TPSA) is 26.3 Å². The zero-order valence-corrected chi connectivity index (χ0v) is 10.5. The molecule has 0 bridgehead atoms. The predicted octanol–water partition coefficient (Wildman–Crippen LogP) is 2.91. The van der Waals surface area contributed by atoms with E-state index >= 15 is 0 Å². The van der Waals surface area contributed by atoms with Gasteiger partial charge in [-0.25, -0.2) is 0 Å². The van der Waals surface area contributed by atoms with Gasteiger partial charge >= 0.3 is 5.97 Å². The SMILES string of the molecule is CCC(CC1SCCCS1)OC(C)=O. The maximum absolute atomic E-state index is 10.8. The number of hydrogen-bond acceptors (Lipinski definition) is 4. The van der Waals surface area contributed by atoms with E-state index in [4.69, 9.17) is 4.74 Å². The lowest BCUT2D eigenvalue weighted by Crippen LogP contribution is -2.21. The molecule has 4 heteroatoms. The highest BCUT2D eigenvalue weighted by molar-refractivity contribution is 8.17. The highest BCUT2D eigenvalue weighted by atomic mass is 32.2. The smallest absolute Gasteiger partial charge is 0.302 e. The maximum atomic E-state index is 10.8. The first-order valence-electron chi connectivity index (χ1n) is 5.12. The van der Waals surface area contributed by atoms with Crippen molar-refractivity contribution in [3.05, 3.63) is 0 Å². The molecule has 1 fully saturated rings. The number of carbonyl (C=O) groups is 1. The van der Waals surface area contributed by atoms with Crippen molar-refractivity contribution in [1.29, 1.82) is 0 Å². The van der Waals surface area contributed by atoms with Crippen LogP contribution >= 0.6 is 23.5 Å². The molecule has 2 nitrogen and oxygen atoms in total. The summed E-state index contributed by atoms with van der Waals surface area (Å²) in [5.74, 6) is 2.37. The Labute approximate surface area is 94.5 Å². The van der Waals surface area contributed by atoms with Gasteiger partial charge in [0.2, 0.25) is 0 Å². The van der Waals surface area contributed by atoms with Crippen LogP contribution in [0.5, 0.6) is 0 Å². The van der Waals surface area contributed by atoms with E-state index in [1.807, 2.05) is 23.5 Å². The van der Waals surface area contributed by atoms with Gasteiger partial charge in [0.1, 0.15) is 6.10 Å². The second-order valence-corrected chi connectivity index (χ2v) is 6.32. The van der Waals surface area contributed by atoms with Crippen molar-refractivity contribution in [3.8, 4) is 0 Å². The monoisotopic (exact) mass is 234 g/mol.